The summed E-state index contributed by atoms with van der Waals surface area (Å²) in [6.45, 7) is 10.2. The van der Waals surface area contributed by atoms with Crippen LogP contribution in [0.25, 0.3) is 0 Å². The van der Waals surface area contributed by atoms with Crippen LogP contribution in [0.1, 0.15) is 26.3 Å². The Morgan fingerprint density at radius 1 is 1.30 bits per heavy atom. The number of rotatable bonds is 9. The number of halogens is 1. The van der Waals surface area contributed by atoms with E-state index in [4.69, 9.17) is 9.73 Å². The van der Waals surface area contributed by atoms with E-state index in [1.165, 1.54) is 5.56 Å². The first-order chi connectivity index (χ1) is 12.6. The Hall–Kier alpha value is -1.77. The van der Waals surface area contributed by atoms with E-state index in [-0.39, 0.29) is 24.0 Å². The topological polar surface area (TPSA) is 54.7 Å². The predicted molar refractivity (Wildman–Crippen MR) is 122 cm³/mol. The zero-order chi connectivity index (χ0) is 18.8. The summed E-state index contributed by atoms with van der Waals surface area (Å²) in [7, 11) is 2.07. The monoisotopic (exact) mass is 485 g/mol. The first-order valence-corrected chi connectivity index (χ1v) is 9.31. The van der Waals surface area contributed by atoms with Crippen LogP contribution in [-0.2, 0) is 13.1 Å². The number of hydrogen-bond acceptors (Lipinski definition) is 3. The molecule has 0 spiro atoms. The van der Waals surface area contributed by atoms with Gasteiger partial charge < -0.3 is 15.0 Å². The van der Waals surface area contributed by atoms with Crippen molar-refractivity contribution in [2.75, 3.05) is 26.7 Å². The normalized spacial score (nSPS) is 12.2. The highest BCUT2D eigenvalue weighted by Crippen LogP contribution is 2.13. The van der Waals surface area contributed by atoms with Crippen molar-refractivity contribution in [3.8, 4) is 5.75 Å². The van der Waals surface area contributed by atoms with Crippen LogP contribution in [0, 0.1) is 5.92 Å². The van der Waals surface area contributed by atoms with Gasteiger partial charge in [-0.2, -0.15) is 5.10 Å². The van der Waals surface area contributed by atoms with Gasteiger partial charge in [0.25, 0.3) is 0 Å². The first-order valence-electron chi connectivity index (χ1n) is 9.31. The predicted octanol–water partition coefficient (Wildman–Crippen LogP) is 3.63. The molecular formula is C20H32IN5O. The van der Waals surface area contributed by atoms with Gasteiger partial charge >= 0.3 is 0 Å². The molecule has 2 aromatic rings. The maximum absolute atomic E-state index is 5.50. The second-order valence-corrected chi connectivity index (χ2v) is 6.46. The molecule has 150 valence electrons. The van der Waals surface area contributed by atoms with Gasteiger partial charge in [-0.15, -0.1) is 24.0 Å². The Kier molecular flexibility index (Phi) is 10.8. The smallest absolute Gasteiger partial charge is 0.193 e. The summed E-state index contributed by atoms with van der Waals surface area (Å²) >= 11 is 0. The molecule has 1 aromatic carbocycles. The molecule has 6 nitrogen and oxygen atoms in total. The molecule has 1 heterocycles. The zero-order valence-electron chi connectivity index (χ0n) is 16.8. The van der Waals surface area contributed by atoms with Gasteiger partial charge in [0, 0.05) is 45.6 Å². The standard InChI is InChI=1S/C20H31N5O.HI/c1-5-21-20(22-14-17(3)15-25-13-7-12-23-25)24(4)16-18-8-10-19(11-9-18)26-6-2;/h7-13,17H,5-6,14-16H2,1-4H3,(H,21,22);1H. The molecule has 0 aliphatic rings. The SMILES string of the molecule is CCNC(=NCC(C)Cn1cccn1)N(C)Cc1ccc(OCC)cc1.I. The van der Waals surface area contributed by atoms with E-state index in [9.17, 15) is 0 Å². The van der Waals surface area contributed by atoms with Crippen molar-refractivity contribution >= 4 is 29.9 Å². The lowest BCUT2D eigenvalue weighted by molar-refractivity contribution is 0.340. The van der Waals surface area contributed by atoms with Crippen molar-refractivity contribution in [3.63, 3.8) is 0 Å². The Labute approximate surface area is 180 Å². The maximum Gasteiger partial charge on any atom is 0.193 e. The number of nitrogens with one attached hydrogen (secondary N) is 1. The van der Waals surface area contributed by atoms with Crippen LogP contribution in [0.2, 0.25) is 0 Å². The Bertz CT molecular complexity index is 658. The van der Waals surface area contributed by atoms with E-state index in [1.807, 2.05) is 42.2 Å². The summed E-state index contributed by atoms with van der Waals surface area (Å²) in [5.41, 5.74) is 1.23. The molecule has 0 radical (unpaired) electrons. The number of ether oxygens (including phenoxy) is 1. The number of aliphatic imine (C=N–C) groups is 1. The summed E-state index contributed by atoms with van der Waals surface area (Å²) in [5, 5.41) is 7.64. The molecule has 1 unspecified atom stereocenters. The average Bonchev–Trinajstić information content (AvgIpc) is 3.13. The minimum absolute atomic E-state index is 0. The third kappa shape index (κ3) is 8.19. The van der Waals surface area contributed by atoms with Crippen LogP contribution in [0.15, 0.2) is 47.7 Å². The maximum atomic E-state index is 5.50. The quantitative estimate of drug-likeness (QED) is 0.335. The van der Waals surface area contributed by atoms with Crippen molar-refractivity contribution < 1.29 is 4.74 Å². The fourth-order valence-electron chi connectivity index (χ4n) is 2.70. The van der Waals surface area contributed by atoms with Crippen LogP contribution in [0.5, 0.6) is 5.75 Å². The van der Waals surface area contributed by atoms with E-state index < -0.39 is 0 Å². The van der Waals surface area contributed by atoms with E-state index in [2.05, 4.69) is 48.3 Å². The molecule has 7 heteroatoms. The highest BCUT2D eigenvalue weighted by atomic mass is 127. The molecule has 0 amide bonds. The fraction of sp³-hybridized carbons (Fsp3) is 0.500. The molecule has 1 aromatic heterocycles. The largest absolute Gasteiger partial charge is 0.494 e. The van der Waals surface area contributed by atoms with Crippen molar-refractivity contribution in [2.45, 2.75) is 33.9 Å². The molecule has 27 heavy (non-hydrogen) atoms. The summed E-state index contributed by atoms with van der Waals surface area (Å²) < 4.78 is 7.46. The van der Waals surface area contributed by atoms with Crippen LogP contribution in [-0.4, -0.2) is 47.4 Å². The summed E-state index contributed by atoms with van der Waals surface area (Å²) in [4.78, 5) is 6.96. The van der Waals surface area contributed by atoms with E-state index >= 15 is 0 Å². The van der Waals surface area contributed by atoms with Gasteiger partial charge in [0.2, 0.25) is 0 Å². The van der Waals surface area contributed by atoms with Crippen molar-refractivity contribution in [1.82, 2.24) is 20.0 Å². The van der Waals surface area contributed by atoms with Gasteiger partial charge in [0.1, 0.15) is 5.75 Å². The zero-order valence-corrected chi connectivity index (χ0v) is 19.1. The average molecular weight is 485 g/mol. The minimum atomic E-state index is 0. The van der Waals surface area contributed by atoms with Gasteiger partial charge in [0.15, 0.2) is 5.96 Å². The van der Waals surface area contributed by atoms with Crippen LogP contribution in [0.4, 0.5) is 0 Å². The molecule has 2 rings (SSSR count). The number of benzene rings is 1. The molecule has 0 saturated heterocycles. The second-order valence-electron chi connectivity index (χ2n) is 6.46. The van der Waals surface area contributed by atoms with Gasteiger partial charge in [-0.25, -0.2) is 0 Å². The minimum Gasteiger partial charge on any atom is -0.494 e. The molecule has 1 N–H and O–H groups in total. The lowest BCUT2D eigenvalue weighted by atomic mass is 10.2. The van der Waals surface area contributed by atoms with E-state index in [1.54, 1.807) is 0 Å². The van der Waals surface area contributed by atoms with Gasteiger partial charge in [-0.05, 0) is 43.5 Å². The van der Waals surface area contributed by atoms with Crippen molar-refractivity contribution in [1.29, 1.82) is 0 Å². The first kappa shape index (κ1) is 23.3. The van der Waals surface area contributed by atoms with Crippen molar-refractivity contribution in [2.24, 2.45) is 10.9 Å². The third-order valence-electron chi connectivity index (χ3n) is 3.96. The van der Waals surface area contributed by atoms with Gasteiger partial charge in [-0.3, -0.25) is 9.67 Å². The molecule has 0 aliphatic heterocycles. The van der Waals surface area contributed by atoms with Gasteiger partial charge in [-0.1, -0.05) is 19.1 Å². The Balaban J connectivity index is 0.00000364. The number of guanidine groups is 1. The number of hydrogen-bond donors (Lipinski definition) is 1. The molecule has 1 atom stereocenters. The summed E-state index contributed by atoms with van der Waals surface area (Å²) in [6.07, 6.45) is 3.80. The lowest BCUT2D eigenvalue weighted by Gasteiger charge is -2.23. The number of aromatic nitrogens is 2. The van der Waals surface area contributed by atoms with E-state index in [0.717, 1.165) is 37.9 Å². The van der Waals surface area contributed by atoms with Crippen LogP contribution in [0.3, 0.4) is 0 Å². The summed E-state index contributed by atoms with van der Waals surface area (Å²) in [5.74, 6) is 2.25. The molecule has 0 aliphatic carbocycles. The van der Waals surface area contributed by atoms with Crippen LogP contribution < -0.4 is 10.1 Å². The molecular weight excluding hydrogens is 453 g/mol. The lowest BCUT2D eigenvalue weighted by Crippen LogP contribution is -2.38. The molecule has 0 bridgehead atoms. The Morgan fingerprint density at radius 3 is 2.63 bits per heavy atom. The second kappa shape index (κ2) is 12.6. The van der Waals surface area contributed by atoms with Gasteiger partial charge in [0.05, 0.1) is 6.61 Å². The third-order valence-corrected chi connectivity index (χ3v) is 3.96. The fourth-order valence-corrected chi connectivity index (χ4v) is 2.70. The highest BCUT2D eigenvalue weighted by Gasteiger charge is 2.09. The van der Waals surface area contributed by atoms with Crippen molar-refractivity contribution in [3.05, 3.63) is 48.3 Å². The molecule has 0 saturated carbocycles. The van der Waals surface area contributed by atoms with E-state index in [0.29, 0.717) is 12.5 Å². The number of nitrogens with zero attached hydrogens (tertiary/aromatic N) is 4. The van der Waals surface area contributed by atoms with Crippen LogP contribution >= 0.6 is 24.0 Å². The molecule has 0 fully saturated rings. The summed E-state index contributed by atoms with van der Waals surface area (Å²) in [6, 6.07) is 10.2. The highest BCUT2D eigenvalue weighted by molar-refractivity contribution is 14.0. The Morgan fingerprint density at radius 2 is 2.04 bits per heavy atom.